The summed E-state index contributed by atoms with van der Waals surface area (Å²) in [5.41, 5.74) is 5.35. The predicted molar refractivity (Wildman–Crippen MR) is 130 cm³/mol. The summed E-state index contributed by atoms with van der Waals surface area (Å²) in [5, 5.41) is 21.5. The van der Waals surface area contributed by atoms with Crippen LogP contribution in [0.5, 0.6) is 5.75 Å². The van der Waals surface area contributed by atoms with Crippen molar-refractivity contribution in [1.82, 2.24) is 14.5 Å². The molecule has 4 rings (SSSR count). The first-order valence-electron chi connectivity index (χ1n) is 11.0. The second kappa shape index (κ2) is 10.4. The lowest BCUT2D eigenvalue weighted by molar-refractivity contribution is 0.0648. The van der Waals surface area contributed by atoms with Gasteiger partial charge in [-0.3, -0.25) is 14.3 Å². The van der Waals surface area contributed by atoms with Crippen LogP contribution in [-0.4, -0.2) is 51.0 Å². The Hall–Kier alpha value is -2.78. The van der Waals surface area contributed by atoms with Crippen molar-refractivity contribution in [2.45, 2.75) is 39.0 Å². The molecule has 0 amide bonds. The third-order valence-corrected chi connectivity index (χ3v) is 6.54. The van der Waals surface area contributed by atoms with E-state index >= 15 is 0 Å². The maximum Gasteiger partial charge on any atom is 0.258 e. The molecule has 8 heteroatoms. The second-order valence-corrected chi connectivity index (χ2v) is 9.39. The molecule has 2 aromatic heterocycles. The number of hydrogen-bond donors (Lipinski definition) is 2. The number of ether oxygens (including phenoxy) is 1. The number of fused-ring (bicyclic) bond motifs is 1. The Kier molecular flexibility index (Phi) is 7.39. The molecule has 1 atom stereocenters. The van der Waals surface area contributed by atoms with Gasteiger partial charge in [-0.15, -0.1) is 11.3 Å². The van der Waals surface area contributed by atoms with Crippen molar-refractivity contribution in [1.29, 1.82) is 0 Å². The monoisotopic (exact) mass is 467 g/mol. The van der Waals surface area contributed by atoms with Crippen molar-refractivity contribution < 1.29 is 14.9 Å². The van der Waals surface area contributed by atoms with Crippen LogP contribution >= 0.6 is 11.3 Å². The van der Waals surface area contributed by atoms with Crippen LogP contribution in [0.2, 0.25) is 0 Å². The SMILES string of the molecule is Cc1csc(COc2ccn(C3=Cc4ccc(CN(C)C[C@H](O)CO)cc4CC3)c(=O)c2)n1. The number of aromatic nitrogens is 2. The van der Waals surface area contributed by atoms with Crippen LogP contribution in [0.1, 0.15) is 33.8 Å². The van der Waals surface area contributed by atoms with Gasteiger partial charge in [-0.05, 0) is 55.6 Å². The summed E-state index contributed by atoms with van der Waals surface area (Å²) in [5.74, 6) is 0.543. The quantitative estimate of drug-likeness (QED) is 0.503. The largest absolute Gasteiger partial charge is 0.486 e. The highest BCUT2D eigenvalue weighted by atomic mass is 32.1. The molecule has 0 saturated heterocycles. The number of benzene rings is 1. The Morgan fingerprint density at radius 1 is 1.27 bits per heavy atom. The van der Waals surface area contributed by atoms with E-state index in [1.165, 1.54) is 11.6 Å². The number of allylic oxidation sites excluding steroid dienone is 1. The fourth-order valence-corrected chi connectivity index (χ4v) is 4.70. The van der Waals surface area contributed by atoms with Crippen LogP contribution in [0.3, 0.4) is 0 Å². The van der Waals surface area contributed by atoms with Gasteiger partial charge >= 0.3 is 0 Å². The zero-order valence-electron chi connectivity index (χ0n) is 18.9. The number of thiazole rings is 1. The van der Waals surface area contributed by atoms with E-state index in [2.05, 4.69) is 29.3 Å². The summed E-state index contributed by atoms with van der Waals surface area (Å²) >= 11 is 1.55. The maximum atomic E-state index is 12.7. The van der Waals surface area contributed by atoms with E-state index in [4.69, 9.17) is 9.84 Å². The van der Waals surface area contributed by atoms with E-state index in [0.717, 1.165) is 40.4 Å². The van der Waals surface area contributed by atoms with Crippen molar-refractivity contribution in [2.24, 2.45) is 0 Å². The van der Waals surface area contributed by atoms with Crippen LogP contribution in [0.25, 0.3) is 11.8 Å². The highest BCUT2D eigenvalue weighted by molar-refractivity contribution is 7.09. The topological polar surface area (TPSA) is 87.8 Å². The van der Waals surface area contributed by atoms with Gasteiger partial charge in [0.1, 0.15) is 17.4 Å². The summed E-state index contributed by atoms with van der Waals surface area (Å²) in [6.45, 7) is 3.18. The van der Waals surface area contributed by atoms with Crippen molar-refractivity contribution in [3.63, 3.8) is 0 Å². The highest BCUT2D eigenvalue weighted by Crippen LogP contribution is 2.27. The number of aryl methyl sites for hydroxylation is 2. The Morgan fingerprint density at radius 3 is 2.85 bits per heavy atom. The second-order valence-electron chi connectivity index (χ2n) is 8.44. The van der Waals surface area contributed by atoms with Crippen molar-refractivity contribution in [2.75, 3.05) is 20.2 Å². The fourth-order valence-electron chi connectivity index (χ4n) is 4.01. The van der Waals surface area contributed by atoms with Gasteiger partial charge in [0.2, 0.25) is 0 Å². The Labute approximate surface area is 197 Å². The average Bonchev–Trinajstić information content (AvgIpc) is 3.22. The van der Waals surface area contributed by atoms with Crippen LogP contribution in [0.4, 0.5) is 0 Å². The number of aliphatic hydroxyl groups is 2. The lowest BCUT2D eigenvalue weighted by Crippen LogP contribution is -2.31. The summed E-state index contributed by atoms with van der Waals surface area (Å²) in [6.07, 6.45) is 4.74. The molecular weight excluding hydrogens is 438 g/mol. The van der Waals surface area contributed by atoms with E-state index in [-0.39, 0.29) is 12.2 Å². The molecular formula is C25H29N3O4S. The maximum absolute atomic E-state index is 12.7. The zero-order valence-corrected chi connectivity index (χ0v) is 19.7. The molecule has 2 heterocycles. The zero-order chi connectivity index (χ0) is 23.4. The van der Waals surface area contributed by atoms with Crippen LogP contribution in [0, 0.1) is 6.92 Å². The van der Waals surface area contributed by atoms with E-state index in [9.17, 15) is 9.90 Å². The molecule has 174 valence electrons. The third kappa shape index (κ3) is 5.97. The normalized spacial score (nSPS) is 14.2. The summed E-state index contributed by atoms with van der Waals surface area (Å²) in [4.78, 5) is 19.1. The molecule has 7 nitrogen and oxygen atoms in total. The molecule has 2 N–H and O–H groups in total. The van der Waals surface area contributed by atoms with Gasteiger partial charge in [0.05, 0.1) is 12.7 Å². The molecule has 1 aromatic carbocycles. The van der Waals surface area contributed by atoms with Crippen molar-refractivity contribution in [3.05, 3.63) is 79.7 Å². The molecule has 1 aliphatic rings. The van der Waals surface area contributed by atoms with E-state index in [1.807, 2.05) is 30.3 Å². The molecule has 0 unspecified atom stereocenters. The lowest BCUT2D eigenvalue weighted by atomic mass is 9.93. The Bertz CT molecular complexity index is 1200. The Morgan fingerprint density at radius 2 is 2.12 bits per heavy atom. The van der Waals surface area contributed by atoms with E-state index in [0.29, 0.717) is 25.4 Å². The number of hydrogen-bond acceptors (Lipinski definition) is 7. The van der Waals surface area contributed by atoms with Crippen LogP contribution in [-0.2, 0) is 19.6 Å². The van der Waals surface area contributed by atoms with E-state index < -0.39 is 6.10 Å². The molecule has 3 aromatic rings. The minimum absolute atomic E-state index is 0.113. The Balaban J connectivity index is 1.44. The molecule has 0 radical (unpaired) electrons. The van der Waals surface area contributed by atoms with Gasteiger partial charge in [0.25, 0.3) is 5.56 Å². The highest BCUT2D eigenvalue weighted by Gasteiger charge is 2.15. The van der Waals surface area contributed by atoms with Crippen LogP contribution in [0.15, 0.2) is 46.7 Å². The fraction of sp³-hybridized carbons (Fsp3) is 0.360. The number of pyridine rings is 1. The number of aliphatic hydroxyl groups excluding tert-OH is 2. The number of rotatable bonds is 9. The van der Waals surface area contributed by atoms with Gasteiger partial charge in [-0.1, -0.05) is 18.2 Å². The summed E-state index contributed by atoms with van der Waals surface area (Å²) in [6, 6.07) is 9.68. The molecule has 33 heavy (non-hydrogen) atoms. The molecule has 0 fully saturated rings. The number of likely N-dealkylation sites (N-methyl/N-ethyl adjacent to an activating group) is 1. The van der Waals surface area contributed by atoms with Crippen molar-refractivity contribution >= 4 is 23.1 Å². The van der Waals surface area contributed by atoms with Crippen LogP contribution < -0.4 is 10.3 Å². The standard InChI is InChI=1S/C25H29N3O4S/c1-17-16-33-24(26-17)15-32-23-7-8-28(25(31)11-23)21-6-5-19-9-18(3-4-20(19)10-21)12-27(2)13-22(30)14-29/h3-4,7-11,16,22,29-30H,5-6,12-15H2,1-2H3/t22-/m0/s1. The van der Waals surface area contributed by atoms with E-state index in [1.54, 1.807) is 22.1 Å². The lowest BCUT2D eigenvalue weighted by Gasteiger charge is -2.22. The molecule has 0 bridgehead atoms. The van der Waals surface area contributed by atoms with Gasteiger partial charge in [-0.2, -0.15) is 0 Å². The number of nitrogens with zero attached hydrogens (tertiary/aromatic N) is 3. The van der Waals surface area contributed by atoms with Gasteiger partial charge in [0.15, 0.2) is 0 Å². The first-order valence-corrected chi connectivity index (χ1v) is 11.9. The molecule has 0 aliphatic heterocycles. The molecule has 1 aliphatic carbocycles. The average molecular weight is 468 g/mol. The predicted octanol–water partition coefficient (Wildman–Crippen LogP) is 2.92. The smallest absolute Gasteiger partial charge is 0.258 e. The van der Waals surface area contributed by atoms with Gasteiger partial charge < -0.3 is 14.9 Å². The molecule has 0 spiro atoms. The first kappa shape index (κ1) is 23.4. The van der Waals surface area contributed by atoms with Gasteiger partial charge in [-0.25, -0.2) is 4.98 Å². The van der Waals surface area contributed by atoms with Crippen molar-refractivity contribution in [3.8, 4) is 5.75 Å². The minimum Gasteiger partial charge on any atom is -0.486 e. The minimum atomic E-state index is -0.732. The first-order chi connectivity index (χ1) is 15.9. The molecule has 0 saturated carbocycles. The summed E-state index contributed by atoms with van der Waals surface area (Å²) < 4.78 is 7.42. The third-order valence-electron chi connectivity index (χ3n) is 5.59. The summed E-state index contributed by atoms with van der Waals surface area (Å²) in [7, 11) is 1.92. The van der Waals surface area contributed by atoms with Gasteiger partial charge in [0, 0.05) is 42.1 Å².